The Labute approximate surface area is 166 Å². The van der Waals surface area contributed by atoms with E-state index in [9.17, 15) is 9.18 Å². The second kappa shape index (κ2) is 8.26. The van der Waals surface area contributed by atoms with Crippen molar-refractivity contribution in [2.24, 2.45) is 0 Å². The van der Waals surface area contributed by atoms with Crippen molar-refractivity contribution >= 4 is 5.91 Å². The molecular formula is C20H20FN5O3. The number of methoxy groups -OCH3 is 1. The maximum absolute atomic E-state index is 13.1. The van der Waals surface area contributed by atoms with Crippen molar-refractivity contribution in [3.63, 3.8) is 0 Å². The molecule has 0 bridgehead atoms. The first-order valence-corrected chi connectivity index (χ1v) is 9.27. The molecule has 8 nitrogen and oxygen atoms in total. The lowest BCUT2D eigenvalue weighted by Gasteiger charge is -2.32. The highest BCUT2D eigenvalue weighted by molar-refractivity contribution is 5.93. The minimum atomic E-state index is -0.318. The molecule has 1 aliphatic rings. The maximum Gasteiger partial charge on any atom is 0.272 e. The van der Waals surface area contributed by atoms with Gasteiger partial charge < -0.3 is 14.4 Å². The number of carbonyl (C=O) groups excluding carboxylic acids is 1. The van der Waals surface area contributed by atoms with Crippen molar-refractivity contribution in [2.45, 2.75) is 18.9 Å². The van der Waals surface area contributed by atoms with Crippen LogP contribution < -0.4 is 9.47 Å². The fourth-order valence-electron chi connectivity index (χ4n) is 3.24. The van der Waals surface area contributed by atoms with Crippen LogP contribution in [0.15, 0.2) is 42.5 Å². The summed E-state index contributed by atoms with van der Waals surface area (Å²) in [4.78, 5) is 14.6. The number of H-pyrrole nitrogens is 1. The van der Waals surface area contributed by atoms with Crippen LogP contribution in [0, 0.1) is 5.82 Å². The summed E-state index contributed by atoms with van der Waals surface area (Å²) in [5.41, 5.74) is 1.71. The standard InChI is InChI=1S/C20H20FN5O3/c1-28-18-8-9-19(25-24-18)29-15-3-2-10-26(12-15)20(27)17-11-16(22-23-17)13-4-6-14(21)7-5-13/h4-9,11,15H,2-3,10,12H2,1H3,(H,22,23). The van der Waals surface area contributed by atoms with Crippen LogP contribution in [-0.4, -0.2) is 57.5 Å². The fraction of sp³-hybridized carbons (Fsp3) is 0.300. The van der Waals surface area contributed by atoms with Crippen LogP contribution in [0.4, 0.5) is 4.39 Å². The molecule has 0 aliphatic carbocycles. The minimum Gasteiger partial charge on any atom is -0.480 e. The molecule has 1 atom stereocenters. The first-order valence-electron chi connectivity index (χ1n) is 9.27. The predicted molar refractivity (Wildman–Crippen MR) is 102 cm³/mol. The van der Waals surface area contributed by atoms with Gasteiger partial charge in [-0.1, -0.05) is 0 Å². The molecule has 1 N–H and O–H groups in total. The summed E-state index contributed by atoms with van der Waals surface area (Å²) in [5.74, 6) is 0.334. The number of aromatic amines is 1. The Morgan fingerprint density at radius 2 is 1.93 bits per heavy atom. The predicted octanol–water partition coefficient (Wildman–Crippen LogP) is 2.70. The Hall–Kier alpha value is -3.49. The first-order chi connectivity index (χ1) is 14.1. The van der Waals surface area contributed by atoms with Crippen LogP contribution in [-0.2, 0) is 0 Å². The SMILES string of the molecule is COc1ccc(OC2CCCN(C(=O)c3cc(-c4ccc(F)cc4)n[nH]3)C2)nn1. The van der Waals surface area contributed by atoms with Gasteiger partial charge in [0.2, 0.25) is 11.8 Å². The molecule has 0 spiro atoms. The van der Waals surface area contributed by atoms with Gasteiger partial charge in [0.05, 0.1) is 19.3 Å². The van der Waals surface area contributed by atoms with E-state index >= 15 is 0 Å². The number of nitrogens with one attached hydrogen (secondary N) is 1. The van der Waals surface area contributed by atoms with Crippen molar-refractivity contribution in [3.8, 4) is 23.0 Å². The highest BCUT2D eigenvalue weighted by atomic mass is 19.1. The topological polar surface area (TPSA) is 93.2 Å². The molecule has 1 aliphatic heterocycles. The summed E-state index contributed by atoms with van der Waals surface area (Å²) in [5, 5.41) is 14.8. The van der Waals surface area contributed by atoms with Gasteiger partial charge in [0.1, 0.15) is 17.6 Å². The van der Waals surface area contributed by atoms with Crippen LogP contribution in [0.3, 0.4) is 0 Å². The number of ether oxygens (including phenoxy) is 2. The van der Waals surface area contributed by atoms with Crippen LogP contribution in [0.5, 0.6) is 11.8 Å². The van der Waals surface area contributed by atoms with E-state index in [4.69, 9.17) is 9.47 Å². The molecule has 29 heavy (non-hydrogen) atoms. The highest BCUT2D eigenvalue weighted by Gasteiger charge is 2.27. The van der Waals surface area contributed by atoms with Gasteiger partial charge in [-0.15, -0.1) is 10.2 Å². The van der Waals surface area contributed by atoms with Crippen LogP contribution in [0.1, 0.15) is 23.3 Å². The van der Waals surface area contributed by atoms with Gasteiger partial charge in [0, 0.05) is 24.2 Å². The van der Waals surface area contributed by atoms with Gasteiger partial charge in [0.15, 0.2) is 0 Å². The molecule has 1 aromatic carbocycles. The lowest BCUT2D eigenvalue weighted by Crippen LogP contribution is -2.44. The lowest BCUT2D eigenvalue weighted by atomic mass is 10.1. The van der Waals surface area contributed by atoms with E-state index < -0.39 is 0 Å². The van der Waals surface area contributed by atoms with E-state index in [1.165, 1.54) is 19.2 Å². The molecule has 2 aromatic heterocycles. The molecule has 150 valence electrons. The van der Waals surface area contributed by atoms with Crippen molar-refractivity contribution in [1.29, 1.82) is 0 Å². The largest absolute Gasteiger partial charge is 0.480 e. The molecule has 4 rings (SSSR count). The van der Waals surface area contributed by atoms with E-state index in [0.29, 0.717) is 36.2 Å². The Kier molecular flexibility index (Phi) is 5.37. The molecule has 1 amide bonds. The van der Waals surface area contributed by atoms with Crippen LogP contribution in [0.25, 0.3) is 11.3 Å². The number of amides is 1. The molecule has 1 unspecified atom stereocenters. The number of likely N-dealkylation sites (tertiary alicyclic amines) is 1. The number of nitrogens with zero attached hydrogens (tertiary/aromatic N) is 4. The third-order valence-electron chi connectivity index (χ3n) is 4.73. The molecule has 1 saturated heterocycles. The zero-order chi connectivity index (χ0) is 20.2. The quantitative estimate of drug-likeness (QED) is 0.712. The monoisotopic (exact) mass is 397 g/mol. The smallest absolute Gasteiger partial charge is 0.272 e. The van der Waals surface area contributed by atoms with Gasteiger partial charge in [-0.25, -0.2) is 4.39 Å². The van der Waals surface area contributed by atoms with Crippen molar-refractivity contribution in [3.05, 3.63) is 54.0 Å². The fourth-order valence-corrected chi connectivity index (χ4v) is 3.24. The number of hydrogen-bond acceptors (Lipinski definition) is 6. The average molecular weight is 397 g/mol. The highest BCUT2D eigenvalue weighted by Crippen LogP contribution is 2.21. The van der Waals surface area contributed by atoms with Gasteiger partial charge in [-0.2, -0.15) is 5.10 Å². The van der Waals surface area contributed by atoms with Crippen molar-refractivity contribution in [2.75, 3.05) is 20.2 Å². The lowest BCUT2D eigenvalue weighted by molar-refractivity contribution is 0.0520. The summed E-state index contributed by atoms with van der Waals surface area (Å²) in [7, 11) is 1.52. The second-order valence-electron chi connectivity index (χ2n) is 6.72. The average Bonchev–Trinajstić information content (AvgIpc) is 3.25. The molecule has 3 heterocycles. The van der Waals surface area contributed by atoms with Gasteiger partial charge in [-0.3, -0.25) is 9.89 Å². The Morgan fingerprint density at radius 1 is 1.17 bits per heavy atom. The van der Waals surface area contributed by atoms with Gasteiger partial charge >= 0.3 is 0 Å². The summed E-state index contributed by atoms with van der Waals surface area (Å²) in [6.07, 6.45) is 1.47. The number of piperidine rings is 1. The van der Waals surface area contributed by atoms with E-state index in [1.807, 2.05) is 0 Å². The molecule has 9 heteroatoms. The normalized spacial score (nSPS) is 16.5. The van der Waals surface area contributed by atoms with Gasteiger partial charge in [-0.05, 0) is 43.2 Å². The number of rotatable bonds is 5. The molecular weight excluding hydrogens is 377 g/mol. The minimum absolute atomic E-state index is 0.153. The molecule has 3 aromatic rings. The number of hydrogen-bond donors (Lipinski definition) is 1. The molecule has 1 fully saturated rings. The molecule has 0 radical (unpaired) electrons. The number of benzene rings is 1. The first kappa shape index (κ1) is 18.9. The van der Waals surface area contributed by atoms with Crippen molar-refractivity contribution < 1.29 is 18.7 Å². The van der Waals surface area contributed by atoms with Crippen LogP contribution >= 0.6 is 0 Å². The zero-order valence-corrected chi connectivity index (χ0v) is 15.8. The summed E-state index contributed by atoms with van der Waals surface area (Å²) in [6.45, 7) is 1.08. The molecule has 0 saturated carbocycles. The second-order valence-corrected chi connectivity index (χ2v) is 6.72. The Morgan fingerprint density at radius 3 is 2.66 bits per heavy atom. The number of carbonyl (C=O) groups is 1. The summed E-state index contributed by atoms with van der Waals surface area (Å²) in [6, 6.07) is 11.0. The van der Waals surface area contributed by atoms with E-state index in [2.05, 4.69) is 20.4 Å². The van der Waals surface area contributed by atoms with Gasteiger partial charge in [0.25, 0.3) is 5.91 Å². The third kappa shape index (κ3) is 4.34. The van der Waals surface area contributed by atoms with Crippen molar-refractivity contribution in [1.82, 2.24) is 25.3 Å². The third-order valence-corrected chi connectivity index (χ3v) is 4.73. The summed E-state index contributed by atoms with van der Waals surface area (Å²) < 4.78 is 24.0. The number of halogens is 1. The maximum atomic E-state index is 13.1. The Bertz CT molecular complexity index is 975. The zero-order valence-electron chi connectivity index (χ0n) is 15.8. The number of aromatic nitrogens is 4. The van der Waals surface area contributed by atoms with E-state index in [-0.39, 0.29) is 17.8 Å². The van der Waals surface area contributed by atoms with Crippen LogP contribution in [0.2, 0.25) is 0 Å². The van der Waals surface area contributed by atoms with E-state index in [0.717, 1.165) is 18.4 Å². The van der Waals surface area contributed by atoms with E-state index in [1.54, 1.807) is 35.2 Å². The Balaban J connectivity index is 1.41. The summed E-state index contributed by atoms with van der Waals surface area (Å²) >= 11 is 0.